The molecule has 1 aromatic heterocycles. The number of morpholine rings is 1. The average molecular weight is 248 g/mol. The van der Waals surface area contributed by atoms with Crippen molar-refractivity contribution in [2.75, 3.05) is 19.7 Å². The quantitative estimate of drug-likeness (QED) is 0.884. The molecule has 2 heterocycles. The van der Waals surface area contributed by atoms with Gasteiger partial charge in [0.15, 0.2) is 0 Å². The summed E-state index contributed by atoms with van der Waals surface area (Å²) in [5.74, 6) is 0. The lowest BCUT2D eigenvalue weighted by Gasteiger charge is -2.23. The van der Waals surface area contributed by atoms with E-state index >= 15 is 0 Å². The van der Waals surface area contributed by atoms with Crippen molar-refractivity contribution >= 4 is 21.6 Å². The molecule has 0 aliphatic carbocycles. The summed E-state index contributed by atoms with van der Waals surface area (Å²) in [6.45, 7) is 4.81. The second kappa shape index (κ2) is 4.72. The molecule has 0 spiro atoms. The van der Waals surface area contributed by atoms with Gasteiger partial charge in [0.25, 0.3) is 0 Å². The zero-order chi connectivity index (χ0) is 11.7. The van der Waals surface area contributed by atoms with Crippen LogP contribution < -0.4 is 5.32 Å². The Hall–Kier alpha value is -0.970. The van der Waals surface area contributed by atoms with Crippen LogP contribution in [0.4, 0.5) is 0 Å². The van der Waals surface area contributed by atoms with Crippen molar-refractivity contribution in [3.05, 3.63) is 28.8 Å². The van der Waals surface area contributed by atoms with Gasteiger partial charge in [-0.25, -0.2) is 4.98 Å². The molecule has 90 valence electrons. The summed E-state index contributed by atoms with van der Waals surface area (Å²) < 4.78 is 7.01. The van der Waals surface area contributed by atoms with Gasteiger partial charge in [0.05, 0.1) is 27.9 Å². The van der Waals surface area contributed by atoms with Gasteiger partial charge in [-0.2, -0.15) is 0 Å². The first-order chi connectivity index (χ1) is 8.31. The third kappa shape index (κ3) is 2.49. The van der Waals surface area contributed by atoms with Crippen LogP contribution in [0.2, 0.25) is 0 Å². The first-order valence-corrected chi connectivity index (χ1v) is 6.81. The van der Waals surface area contributed by atoms with E-state index in [1.165, 1.54) is 10.3 Å². The Kier molecular flexibility index (Phi) is 3.09. The fourth-order valence-electron chi connectivity index (χ4n) is 2.22. The molecule has 1 unspecified atom stereocenters. The summed E-state index contributed by atoms with van der Waals surface area (Å²) in [4.78, 5) is 4.48. The maximum atomic E-state index is 5.72. The van der Waals surface area contributed by atoms with E-state index < -0.39 is 0 Å². The molecule has 1 fully saturated rings. The van der Waals surface area contributed by atoms with Crippen LogP contribution in [0.1, 0.15) is 10.6 Å². The molecule has 4 heteroatoms. The molecule has 1 aliphatic rings. The molecular weight excluding hydrogens is 232 g/mol. The monoisotopic (exact) mass is 248 g/mol. The van der Waals surface area contributed by atoms with E-state index in [0.717, 1.165) is 36.6 Å². The van der Waals surface area contributed by atoms with Crippen molar-refractivity contribution in [1.29, 1.82) is 0 Å². The summed E-state index contributed by atoms with van der Waals surface area (Å²) in [6.07, 6.45) is 1.30. The van der Waals surface area contributed by atoms with E-state index in [9.17, 15) is 0 Å². The number of fused-ring (bicyclic) bond motifs is 1. The van der Waals surface area contributed by atoms with Crippen LogP contribution in [0.15, 0.2) is 18.2 Å². The van der Waals surface area contributed by atoms with Gasteiger partial charge in [-0.05, 0) is 31.0 Å². The predicted molar refractivity (Wildman–Crippen MR) is 70.7 cm³/mol. The lowest BCUT2D eigenvalue weighted by molar-refractivity contribution is 0.0292. The molecule has 0 saturated carbocycles. The lowest BCUT2D eigenvalue weighted by atomic mass is 10.1. The third-order valence-electron chi connectivity index (χ3n) is 3.03. The van der Waals surface area contributed by atoms with Crippen molar-refractivity contribution in [3.8, 4) is 0 Å². The number of aryl methyl sites for hydroxylation is 1. The smallest absolute Gasteiger partial charge is 0.0907 e. The van der Waals surface area contributed by atoms with Crippen LogP contribution in [0, 0.1) is 6.92 Å². The molecule has 2 aromatic rings. The number of benzene rings is 1. The molecule has 1 saturated heterocycles. The standard InChI is InChI=1S/C13H16N2OS/c1-9-15-12-3-2-10(7-13(12)17-9)6-11-8-14-4-5-16-11/h2-3,7,11,14H,4-6,8H2,1H3. The van der Waals surface area contributed by atoms with Crippen molar-refractivity contribution in [3.63, 3.8) is 0 Å². The van der Waals surface area contributed by atoms with Crippen molar-refractivity contribution in [2.24, 2.45) is 0 Å². The minimum atomic E-state index is 0.315. The van der Waals surface area contributed by atoms with Crippen molar-refractivity contribution in [2.45, 2.75) is 19.4 Å². The minimum Gasteiger partial charge on any atom is -0.375 e. The number of rotatable bonds is 2. The molecule has 0 bridgehead atoms. The van der Waals surface area contributed by atoms with Gasteiger partial charge in [0.1, 0.15) is 0 Å². The normalized spacial score (nSPS) is 20.9. The molecule has 0 radical (unpaired) electrons. The van der Waals surface area contributed by atoms with E-state index in [-0.39, 0.29) is 0 Å². The summed E-state index contributed by atoms with van der Waals surface area (Å²) in [6, 6.07) is 6.53. The second-order valence-corrected chi connectivity index (χ2v) is 5.67. The van der Waals surface area contributed by atoms with Crippen LogP contribution >= 0.6 is 11.3 Å². The summed E-state index contributed by atoms with van der Waals surface area (Å²) >= 11 is 1.76. The topological polar surface area (TPSA) is 34.2 Å². The molecule has 0 amide bonds. The van der Waals surface area contributed by atoms with Gasteiger partial charge in [-0.1, -0.05) is 6.07 Å². The maximum absolute atomic E-state index is 5.72. The molecular formula is C13H16N2OS. The van der Waals surface area contributed by atoms with Crippen molar-refractivity contribution < 1.29 is 4.74 Å². The second-order valence-electron chi connectivity index (χ2n) is 4.44. The number of hydrogen-bond donors (Lipinski definition) is 1. The average Bonchev–Trinajstić information content (AvgIpc) is 2.70. The van der Waals surface area contributed by atoms with E-state index in [1.807, 2.05) is 0 Å². The number of aromatic nitrogens is 1. The fraction of sp³-hybridized carbons (Fsp3) is 0.462. The van der Waals surface area contributed by atoms with Gasteiger partial charge < -0.3 is 10.1 Å². The van der Waals surface area contributed by atoms with Crippen LogP contribution in [-0.4, -0.2) is 30.8 Å². The largest absolute Gasteiger partial charge is 0.375 e. The Morgan fingerprint density at radius 2 is 2.47 bits per heavy atom. The fourth-order valence-corrected chi connectivity index (χ4v) is 3.12. The van der Waals surface area contributed by atoms with Gasteiger partial charge in [0.2, 0.25) is 0 Å². The Morgan fingerprint density at radius 1 is 1.53 bits per heavy atom. The zero-order valence-electron chi connectivity index (χ0n) is 9.90. The highest BCUT2D eigenvalue weighted by Gasteiger charge is 2.14. The van der Waals surface area contributed by atoms with Crippen LogP contribution in [0.5, 0.6) is 0 Å². The SMILES string of the molecule is Cc1nc2ccc(CC3CNCCO3)cc2s1. The third-order valence-corrected chi connectivity index (χ3v) is 3.96. The number of thiazole rings is 1. The van der Waals surface area contributed by atoms with Gasteiger partial charge in [0, 0.05) is 13.1 Å². The van der Waals surface area contributed by atoms with Gasteiger partial charge in [-0.15, -0.1) is 11.3 Å². The molecule has 1 N–H and O–H groups in total. The molecule has 1 aliphatic heterocycles. The van der Waals surface area contributed by atoms with Crippen LogP contribution in [-0.2, 0) is 11.2 Å². The molecule has 1 aromatic carbocycles. The van der Waals surface area contributed by atoms with Crippen LogP contribution in [0.3, 0.4) is 0 Å². The molecule has 3 rings (SSSR count). The number of nitrogens with one attached hydrogen (secondary N) is 1. The Labute approximate surface area is 105 Å². The minimum absolute atomic E-state index is 0.315. The summed E-state index contributed by atoms with van der Waals surface area (Å²) in [5, 5.41) is 4.49. The Morgan fingerprint density at radius 3 is 3.29 bits per heavy atom. The van der Waals surface area contributed by atoms with E-state index in [4.69, 9.17) is 4.74 Å². The first-order valence-electron chi connectivity index (χ1n) is 6.00. The highest BCUT2D eigenvalue weighted by atomic mass is 32.1. The molecule has 1 atom stereocenters. The highest BCUT2D eigenvalue weighted by molar-refractivity contribution is 7.18. The maximum Gasteiger partial charge on any atom is 0.0907 e. The van der Waals surface area contributed by atoms with E-state index in [2.05, 4.69) is 35.4 Å². The molecule has 3 nitrogen and oxygen atoms in total. The molecule has 17 heavy (non-hydrogen) atoms. The number of ether oxygens (including phenoxy) is 1. The lowest BCUT2D eigenvalue weighted by Crippen LogP contribution is -2.39. The van der Waals surface area contributed by atoms with Gasteiger partial charge >= 0.3 is 0 Å². The predicted octanol–water partition coefficient (Wildman–Crippen LogP) is 2.14. The summed E-state index contributed by atoms with van der Waals surface area (Å²) in [5.41, 5.74) is 2.45. The van der Waals surface area contributed by atoms with Crippen LogP contribution in [0.25, 0.3) is 10.2 Å². The Balaban J connectivity index is 1.79. The number of hydrogen-bond acceptors (Lipinski definition) is 4. The van der Waals surface area contributed by atoms with E-state index in [0.29, 0.717) is 6.10 Å². The zero-order valence-corrected chi connectivity index (χ0v) is 10.7. The Bertz CT molecular complexity index is 517. The number of nitrogens with zero attached hydrogens (tertiary/aromatic N) is 1. The first kappa shape index (κ1) is 11.1. The highest BCUT2D eigenvalue weighted by Crippen LogP contribution is 2.23. The summed E-state index contributed by atoms with van der Waals surface area (Å²) in [7, 11) is 0. The van der Waals surface area contributed by atoms with E-state index in [1.54, 1.807) is 11.3 Å². The van der Waals surface area contributed by atoms with Gasteiger partial charge in [-0.3, -0.25) is 0 Å². The van der Waals surface area contributed by atoms with Crippen molar-refractivity contribution in [1.82, 2.24) is 10.3 Å².